The predicted molar refractivity (Wildman–Crippen MR) is 78.0 cm³/mol. The first kappa shape index (κ1) is 15.5. The number of carbonyl (C=O) groups is 2. The molecule has 0 unspecified atom stereocenters. The van der Waals surface area contributed by atoms with Gasteiger partial charge >= 0.3 is 11.8 Å². The molecule has 3 amide bonds. The zero-order valence-corrected chi connectivity index (χ0v) is 12.0. The summed E-state index contributed by atoms with van der Waals surface area (Å²) in [6.45, 7) is 2.00. The molecule has 0 saturated carbocycles. The number of hydrogen-bond donors (Lipinski definition) is 2. The average molecular weight is 304 g/mol. The van der Waals surface area contributed by atoms with Gasteiger partial charge in [-0.1, -0.05) is 42.4 Å². The van der Waals surface area contributed by atoms with Gasteiger partial charge in [0.2, 0.25) is 5.91 Å². The average Bonchev–Trinajstić information content (AvgIpc) is 2.87. The summed E-state index contributed by atoms with van der Waals surface area (Å²) in [6, 6.07) is 8.24. The van der Waals surface area contributed by atoms with Crippen molar-refractivity contribution < 1.29 is 14.1 Å². The first-order valence-corrected chi connectivity index (χ1v) is 6.81. The molecule has 1 aromatic heterocycles. The Bertz CT molecular complexity index is 705. The maximum atomic E-state index is 11.8. The largest absolute Gasteiger partial charge is 0.442 e. The highest BCUT2D eigenvalue weighted by Crippen LogP contribution is 2.14. The van der Waals surface area contributed by atoms with Crippen LogP contribution in [-0.2, 0) is 11.3 Å². The molecule has 8 heteroatoms. The van der Waals surface area contributed by atoms with Crippen molar-refractivity contribution in [1.29, 1.82) is 0 Å². The van der Waals surface area contributed by atoms with Crippen molar-refractivity contribution >= 4 is 11.9 Å². The lowest BCUT2D eigenvalue weighted by Gasteiger charge is -2.06. The second-order valence-electron chi connectivity index (χ2n) is 4.53. The Kier molecular flexibility index (Phi) is 5.07. The van der Waals surface area contributed by atoms with Crippen LogP contribution in [0.3, 0.4) is 0 Å². The van der Waals surface area contributed by atoms with E-state index in [1.54, 1.807) is 24.3 Å². The molecule has 0 atom stereocenters. The molecule has 0 saturated heterocycles. The second kappa shape index (κ2) is 7.21. The van der Waals surface area contributed by atoms with Gasteiger partial charge in [0.1, 0.15) is 6.54 Å². The van der Waals surface area contributed by atoms with Crippen molar-refractivity contribution in [3.63, 3.8) is 0 Å². The number of benzene rings is 1. The molecule has 0 fully saturated rings. The van der Waals surface area contributed by atoms with Gasteiger partial charge in [-0.05, 0) is 6.42 Å². The maximum absolute atomic E-state index is 11.8. The van der Waals surface area contributed by atoms with Crippen LogP contribution in [0.15, 0.2) is 39.6 Å². The molecule has 116 valence electrons. The van der Waals surface area contributed by atoms with Crippen LogP contribution in [0.1, 0.15) is 13.3 Å². The summed E-state index contributed by atoms with van der Waals surface area (Å²) in [6.07, 6.45) is 0.755. The van der Waals surface area contributed by atoms with Crippen molar-refractivity contribution in [3.8, 4) is 11.4 Å². The molecule has 1 aromatic carbocycles. The molecule has 2 aromatic rings. The Labute approximate surface area is 126 Å². The molecular formula is C14H16N4O4. The van der Waals surface area contributed by atoms with E-state index in [1.165, 1.54) is 0 Å². The van der Waals surface area contributed by atoms with Gasteiger partial charge in [-0.25, -0.2) is 14.2 Å². The zero-order chi connectivity index (χ0) is 15.9. The lowest BCUT2D eigenvalue weighted by atomic mass is 10.2. The van der Waals surface area contributed by atoms with Crippen LogP contribution in [0.25, 0.3) is 11.4 Å². The fourth-order valence-electron chi connectivity index (χ4n) is 1.79. The van der Waals surface area contributed by atoms with E-state index in [0.717, 1.165) is 11.0 Å². The van der Waals surface area contributed by atoms with E-state index in [0.29, 0.717) is 12.1 Å². The van der Waals surface area contributed by atoms with Gasteiger partial charge in [0.15, 0.2) is 5.82 Å². The zero-order valence-electron chi connectivity index (χ0n) is 12.0. The molecule has 0 spiro atoms. The minimum Gasteiger partial charge on any atom is -0.338 e. The van der Waals surface area contributed by atoms with E-state index in [9.17, 15) is 14.4 Å². The Morgan fingerprint density at radius 1 is 1.27 bits per heavy atom. The van der Waals surface area contributed by atoms with Crippen molar-refractivity contribution in [1.82, 2.24) is 20.4 Å². The Balaban J connectivity index is 2.10. The quantitative estimate of drug-likeness (QED) is 0.847. The summed E-state index contributed by atoms with van der Waals surface area (Å²) in [7, 11) is 0. The first-order valence-electron chi connectivity index (χ1n) is 6.81. The molecular weight excluding hydrogens is 288 g/mol. The van der Waals surface area contributed by atoms with Crippen LogP contribution >= 0.6 is 0 Å². The summed E-state index contributed by atoms with van der Waals surface area (Å²) in [4.78, 5) is 34.9. The number of nitrogens with one attached hydrogen (secondary N) is 2. The number of urea groups is 1. The van der Waals surface area contributed by atoms with E-state index >= 15 is 0 Å². The summed E-state index contributed by atoms with van der Waals surface area (Å²) in [5, 5.41) is 8.31. The molecule has 0 radical (unpaired) electrons. The monoisotopic (exact) mass is 304 g/mol. The van der Waals surface area contributed by atoms with Crippen LogP contribution in [0.2, 0.25) is 0 Å². The minimum atomic E-state index is -0.761. The Morgan fingerprint density at radius 2 is 2.00 bits per heavy atom. The number of hydrogen-bond acceptors (Lipinski definition) is 5. The molecule has 0 bridgehead atoms. The van der Waals surface area contributed by atoms with E-state index in [1.807, 2.05) is 13.0 Å². The number of aromatic nitrogens is 2. The SMILES string of the molecule is CCCNC(=O)NC(=O)Cn1c(-c2ccccc2)noc1=O. The highest BCUT2D eigenvalue weighted by Gasteiger charge is 2.16. The lowest BCUT2D eigenvalue weighted by Crippen LogP contribution is -2.42. The van der Waals surface area contributed by atoms with Gasteiger partial charge in [0, 0.05) is 12.1 Å². The Hall–Kier alpha value is -2.90. The van der Waals surface area contributed by atoms with Gasteiger partial charge in [0.05, 0.1) is 0 Å². The van der Waals surface area contributed by atoms with Gasteiger partial charge in [-0.15, -0.1) is 0 Å². The molecule has 22 heavy (non-hydrogen) atoms. The van der Waals surface area contributed by atoms with E-state index in [-0.39, 0.29) is 12.4 Å². The predicted octanol–water partition coefficient (Wildman–Crippen LogP) is 0.739. The third-order valence-electron chi connectivity index (χ3n) is 2.81. The van der Waals surface area contributed by atoms with Crippen LogP contribution in [-0.4, -0.2) is 28.2 Å². The maximum Gasteiger partial charge on any atom is 0.442 e. The number of amides is 3. The summed E-state index contributed by atoms with van der Waals surface area (Å²) in [5.41, 5.74) is 0.636. The third kappa shape index (κ3) is 3.81. The lowest BCUT2D eigenvalue weighted by molar-refractivity contribution is -0.120. The summed E-state index contributed by atoms with van der Waals surface area (Å²) < 4.78 is 5.66. The molecule has 0 aliphatic carbocycles. The summed E-state index contributed by atoms with van der Waals surface area (Å²) in [5.74, 6) is -1.16. The van der Waals surface area contributed by atoms with Crippen molar-refractivity contribution in [3.05, 3.63) is 40.9 Å². The number of nitrogens with zero attached hydrogens (tertiary/aromatic N) is 2. The van der Waals surface area contributed by atoms with Crippen LogP contribution < -0.4 is 16.4 Å². The first-order chi connectivity index (χ1) is 10.6. The molecule has 1 heterocycles. The Morgan fingerprint density at radius 3 is 2.68 bits per heavy atom. The van der Waals surface area contributed by atoms with Gasteiger partial charge < -0.3 is 5.32 Å². The van der Waals surface area contributed by atoms with E-state index in [2.05, 4.69) is 20.3 Å². The minimum absolute atomic E-state index is 0.231. The fourth-order valence-corrected chi connectivity index (χ4v) is 1.79. The van der Waals surface area contributed by atoms with Crippen LogP contribution in [0, 0.1) is 0 Å². The highest BCUT2D eigenvalue weighted by atomic mass is 16.5. The fraction of sp³-hybridized carbons (Fsp3) is 0.286. The van der Waals surface area contributed by atoms with Gasteiger partial charge in [-0.3, -0.25) is 14.6 Å². The van der Waals surface area contributed by atoms with E-state index < -0.39 is 17.7 Å². The van der Waals surface area contributed by atoms with Crippen molar-refractivity contribution in [2.75, 3.05) is 6.54 Å². The van der Waals surface area contributed by atoms with Crippen LogP contribution in [0.4, 0.5) is 4.79 Å². The van der Waals surface area contributed by atoms with Crippen molar-refractivity contribution in [2.24, 2.45) is 0 Å². The van der Waals surface area contributed by atoms with E-state index in [4.69, 9.17) is 0 Å². The number of rotatable bonds is 5. The number of carbonyl (C=O) groups excluding carboxylic acids is 2. The van der Waals surface area contributed by atoms with Crippen LogP contribution in [0.5, 0.6) is 0 Å². The molecule has 0 aliphatic rings. The summed E-state index contributed by atoms with van der Waals surface area (Å²) >= 11 is 0. The van der Waals surface area contributed by atoms with Gasteiger partial charge in [0.25, 0.3) is 0 Å². The van der Waals surface area contributed by atoms with Gasteiger partial charge in [-0.2, -0.15) is 0 Å². The standard InChI is InChI=1S/C14H16N4O4/c1-2-8-15-13(20)16-11(19)9-18-12(17-22-14(18)21)10-6-4-3-5-7-10/h3-7H,2,8-9H2,1H3,(H2,15,16,19,20). The molecule has 0 aliphatic heterocycles. The number of imide groups is 1. The molecule has 2 N–H and O–H groups in total. The molecule has 2 rings (SSSR count). The molecule has 8 nitrogen and oxygen atoms in total. The second-order valence-corrected chi connectivity index (χ2v) is 4.53. The smallest absolute Gasteiger partial charge is 0.338 e. The normalized spacial score (nSPS) is 10.2. The third-order valence-corrected chi connectivity index (χ3v) is 2.81. The highest BCUT2D eigenvalue weighted by molar-refractivity contribution is 5.94. The topological polar surface area (TPSA) is 106 Å². The van der Waals surface area contributed by atoms with Crippen molar-refractivity contribution in [2.45, 2.75) is 19.9 Å².